The molecule has 19 heavy (non-hydrogen) atoms. The van der Waals surface area contributed by atoms with E-state index >= 15 is 0 Å². The van der Waals surface area contributed by atoms with Crippen LogP contribution in [-0.2, 0) is 0 Å². The predicted octanol–water partition coefficient (Wildman–Crippen LogP) is 4.74. The van der Waals surface area contributed by atoms with Crippen LogP contribution in [0.25, 0.3) is 0 Å². The second kappa shape index (κ2) is 4.82. The third-order valence-corrected chi connectivity index (χ3v) is 4.08. The lowest BCUT2D eigenvalue weighted by Crippen LogP contribution is -2.03. The highest BCUT2D eigenvalue weighted by atomic mass is 35.5. The number of benzene rings is 1. The summed E-state index contributed by atoms with van der Waals surface area (Å²) in [7, 11) is 0. The Morgan fingerprint density at radius 2 is 1.79 bits per heavy atom. The van der Waals surface area contributed by atoms with Gasteiger partial charge in [0.1, 0.15) is 0 Å². The highest BCUT2D eigenvalue weighted by Gasteiger charge is 2.33. The van der Waals surface area contributed by atoms with Gasteiger partial charge in [0.25, 0.3) is 0 Å². The van der Waals surface area contributed by atoms with E-state index in [0.29, 0.717) is 32.9 Å². The molecule has 2 aromatic rings. The van der Waals surface area contributed by atoms with Crippen LogP contribution in [-0.4, -0.2) is 10.9 Å². The number of carbonyl (C=O) groups is 1. The largest absolute Gasteiger partial charge is 0.360 e. The summed E-state index contributed by atoms with van der Waals surface area (Å²) >= 11 is 17.8. The Labute approximate surface area is 124 Å². The minimum atomic E-state index is -0.244. The average molecular weight is 317 g/mol. The van der Waals surface area contributed by atoms with Crippen molar-refractivity contribution in [3.05, 3.63) is 50.3 Å². The van der Waals surface area contributed by atoms with E-state index in [2.05, 4.69) is 5.16 Å². The maximum absolute atomic E-state index is 12.5. The molecule has 3 nitrogen and oxygen atoms in total. The van der Waals surface area contributed by atoms with Gasteiger partial charge in [0, 0.05) is 11.5 Å². The van der Waals surface area contributed by atoms with Gasteiger partial charge in [-0.3, -0.25) is 4.79 Å². The van der Waals surface area contributed by atoms with E-state index in [0.717, 1.165) is 12.8 Å². The van der Waals surface area contributed by atoms with E-state index in [4.69, 9.17) is 39.3 Å². The predicted molar refractivity (Wildman–Crippen MR) is 73.4 cm³/mol. The number of aromatic nitrogens is 1. The van der Waals surface area contributed by atoms with Crippen molar-refractivity contribution in [2.45, 2.75) is 18.8 Å². The maximum Gasteiger partial charge on any atom is 0.199 e. The van der Waals surface area contributed by atoms with Crippen LogP contribution in [0.1, 0.15) is 40.4 Å². The summed E-state index contributed by atoms with van der Waals surface area (Å²) in [5, 5.41) is 4.57. The van der Waals surface area contributed by atoms with Crippen molar-refractivity contribution in [1.29, 1.82) is 0 Å². The molecule has 0 unspecified atom stereocenters. The number of halogens is 3. The molecule has 0 aliphatic heterocycles. The number of nitrogens with zero attached hydrogens (tertiary/aromatic N) is 1. The molecule has 98 valence electrons. The smallest absolute Gasteiger partial charge is 0.199 e. The summed E-state index contributed by atoms with van der Waals surface area (Å²) in [5.74, 6) is 0.682. The molecule has 0 N–H and O–H groups in total. The van der Waals surface area contributed by atoms with Crippen LogP contribution in [0, 0.1) is 0 Å². The van der Waals surface area contributed by atoms with Crippen molar-refractivity contribution in [1.82, 2.24) is 5.16 Å². The second-order valence-electron chi connectivity index (χ2n) is 4.45. The van der Waals surface area contributed by atoms with Crippen LogP contribution < -0.4 is 0 Å². The molecule has 1 saturated carbocycles. The van der Waals surface area contributed by atoms with Crippen molar-refractivity contribution >= 4 is 40.6 Å². The molecule has 1 aliphatic rings. The molecule has 1 aliphatic carbocycles. The number of rotatable bonds is 3. The van der Waals surface area contributed by atoms with Crippen molar-refractivity contribution < 1.29 is 9.32 Å². The minimum Gasteiger partial charge on any atom is -0.360 e. The zero-order chi connectivity index (χ0) is 13.6. The molecular weight excluding hydrogens is 309 g/mol. The highest BCUT2D eigenvalue weighted by molar-refractivity contribution is 6.44. The average Bonchev–Trinajstić information content (AvgIpc) is 3.10. The SMILES string of the molecule is O=C(c1cc(Cl)c(Cl)cc1Cl)c1cnoc1C1CC1. The van der Waals surface area contributed by atoms with Crippen LogP contribution in [0.5, 0.6) is 0 Å². The van der Waals surface area contributed by atoms with E-state index in [1.54, 1.807) is 0 Å². The van der Waals surface area contributed by atoms with Gasteiger partial charge in [-0.05, 0) is 25.0 Å². The summed E-state index contributed by atoms with van der Waals surface area (Å²) in [5.41, 5.74) is 0.754. The molecule has 0 spiro atoms. The fraction of sp³-hybridized carbons (Fsp3) is 0.231. The van der Waals surface area contributed by atoms with Crippen LogP contribution >= 0.6 is 34.8 Å². The Morgan fingerprint density at radius 3 is 2.47 bits per heavy atom. The van der Waals surface area contributed by atoms with Crippen molar-refractivity contribution in [3.63, 3.8) is 0 Å². The van der Waals surface area contributed by atoms with Gasteiger partial charge in [0.15, 0.2) is 11.5 Å². The Morgan fingerprint density at radius 1 is 1.11 bits per heavy atom. The molecule has 0 radical (unpaired) electrons. The Bertz CT molecular complexity index is 662. The third kappa shape index (κ3) is 2.38. The van der Waals surface area contributed by atoms with Crippen LogP contribution in [0.4, 0.5) is 0 Å². The van der Waals surface area contributed by atoms with Crippen LogP contribution in [0.15, 0.2) is 22.9 Å². The third-order valence-electron chi connectivity index (χ3n) is 3.05. The number of hydrogen-bond acceptors (Lipinski definition) is 3. The van der Waals surface area contributed by atoms with Gasteiger partial charge in [-0.15, -0.1) is 0 Å². The zero-order valence-corrected chi connectivity index (χ0v) is 11.9. The van der Waals surface area contributed by atoms with Crippen molar-refractivity contribution in [2.75, 3.05) is 0 Å². The van der Waals surface area contributed by atoms with E-state index < -0.39 is 0 Å². The molecule has 0 bridgehead atoms. The molecule has 1 aromatic carbocycles. The van der Waals surface area contributed by atoms with Gasteiger partial charge >= 0.3 is 0 Å². The molecule has 3 rings (SSSR count). The maximum atomic E-state index is 12.5. The van der Waals surface area contributed by atoms with Gasteiger partial charge in [0.2, 0.25) is 0 Å². The summed E-state index contributed by atoms with van der Waals surface area (Å²) in [4.78, 5) is 12.5. The standard InChI is InChI=1S/C13H8Cl3NO2/c14-9-4-11(16)10(15)3-7(9)12(18)8-5-17-19-13(8)6-1-2-6/h3-6H,1-2H2. The first-order chi connectivity index (χ1) is 9.08. The van der Waals surface area contributed by atoms with Crippen molar-refractivity contribution in [2.24, 2.45) is 0 Å². The molecular formula is C13H8Cl3NO2. The zero-order valence-electron chi connectivity index (χ0n) is 9.62. The quantitative estimate of drug-likeness (QED) is 0.606. The van der Waals surface area contributed by atoms with E-state index in [-0.39, 0.29) is 10.8 Å². The Balaban J connectivity index is 2.04. The highest BCUT2D eigenvalue weighted by Crippen LogP contribution is 2.42. The Kier molecular flexibility index (Phi) is 3.29. The summed E-state index contributed by atoms with van der Waals surface area (Å²) < 4.78 is 5.15. The van der Waals surface area contributed by atoms with E-state index in [1.807, 2.05) is 0 Å². The number of ketones is 1. The lowest BCUT2D eigenvalue weighted by molar-refractivity contribution is 0.103. The molecule has 1 heterocycles. The fourth-order valence-corrected chi connectivity index (χ4v) is 2.53. The molecule has 0 atom stereocenters. The van der Waals surface area contributed by atoms with E-state index in [1.165, 1.54) is 18.3 Å². The van der Waals surface area contributed by atoms with E-state index in [9.17, 15) is 4.79 Å². The lowest BCUT2D eigenvalue weighted by atomic mass is 10.0. The minimum absolute atomic E-state index is 0.244. The van der Waals surface area contributed by atoms with Crippen LogP contribution in [0.3, 0.4) is 0 Å². The second-order valence-corrected chi connectivity index (χ2v) is 5.67. The molecule has 6 heteroatoms. The summed E-state index contributed by atoms with van der Waals surface area (Å²) in [6.45, 7) is 0. The molecule has 1 aromatic heterocycles. The Hall–Kier alpha value is -1.03. The van der Waals surface area contributed by atoms with Crippen molar-refractivity contribution in [3.8, 4) is 0 Å². The van der Waals surface area contributed by atoms with Gasteiger partial charge in [-0.25, -0.2) is 0 Å². The first-order valence-electron chi connectivity index (χ1n) is 5.71. The fourth-order valence-electron chi connectivity index (χ4n) is 1.90. The van der Waals surface area contributed by atoms with Gasteiger partial charge in [-0.1, -0.05) is 40.0 Å². The molecule has 0 amide bonds. The summed E-state index contributed by atoms with van der Waals surface area (Å²) in [6, 6.07) is 2.93. The topological polar surface area (TPSA) is 43.1 Å². The summed E-state index contributed by atoms with van der Waals surface area (Å²) in [6.07, 6.45) is 3.46. The number of hydrogen-bond donors (Lipinski definition) is 0. The van der Waals surface area contributed by atoms with Gasteiger partial charge < -0.3 is 4.52 Å². The first kappa shape index (κ1) is 13.0. The monoisotopic (exact) mass is 315 g/mol. The van der Waals surface area contributed by atoms with Gasteiger partial charge in [-0.2, -0.15) is 0 Å². The lowest BCUT2D eigenvalue weighted by Gasteiger charge is -2.05. The normalized spacial score (nSPS) is 14.7. The molecule has 0 saturated heterocycles. The molecule has 1 fully saturated rings. The van der Waals surface area contributed by atoms with Crippen LogP contribution in [0.2, 0.25) is 15.1 Å². The first-order valence-corrected chi connectivity index (χ1v) is 6.85. The number of carbonyl (C=O) groups excluding carboxylic acids is 1. The van der Waals surface area contributed by atoms with Gasteiger partial charge in [0.05, 0.1) is 26.8 Å².